The van der Waals surface area contributed by atoms with Crippen molar-refractivity contribution in [3.63, 3.8) is 0 Å². The molecule has 5 nitrogen and oxygen atoms in total. The van der Waals surface area contributed by atoms with E-state index in [0.717, 1.165) is 6.20 Å². The van der Waals surface area contributed by atoms with E-state index in [2.05, 4.69) is 15.3 Å². The molecule has 0 aliphatic rings. The van der Waals surface area contributed by atoms with Crippen LogP contribution < -0.4 is 4.74 Å². The van der Waals surface area contributed by atoms with E-state index in [1.54, 1.807) is 52.9 Å². The van der Waals surface area contributed by atoms with Crippen molar-refractivity contribution in [2.75, 3.05) is 0 Å². The fourth-order valence-electron chi connectivity index (χ4n) is 2.59. The molecule has 0 saturated carbocycles. The van der Waals surface area contributed by atoms with Crippen LogP contribution in [0.3, 0.4) is 0 Å². The first kappa shape index (κ1) is 19.3. The van der Waals surface area contributed by atoms with Gasteiger partial charge in [0, 0.05) is 11.8 Å². The summed E-state index contributed by atoms with van der Waals surface area (Å²) in [4.78, 5) is 3.71. The van der Waals surface area contributed by atoms with E-state index in [0.29, 0.717) is 15.9 Å². The maximum Gasteiger partial charge on any atom is 0.206 e. The van der Waals surface area contributed by atoms with Crippen molar-refractivity contribution < 1.29 is 22.3 Å². The van der Waals surface area contributed by atoms with Gasteiger partial charge in [0.1, 0.15) is 20.8 Å². The van der Waals surface area contributed by atoms with Crippen LogP contribution in [0, 0.1) is 27.0 Å². The molecule has 146 valence electrons. The van der Waals surface area contributed by atoms with Gasteiger partial charge in [-0.15, -0.1) is 5.10 Å². The molecule has 0 aliphatic carbocycles. The zero-order chi connectivity index (χ0) is 20.5. The summed E-state index contributed by atoms with van der Waals surface area (Å²) in [7, 11) is 0. The van der Waals surface area contributed by atoms with E-state index >= 15 is 0 Å². The molecule has 0 saturated heterocycles. The van der Waals surface area contributed by atoms with Crippen LogP contribution in [0.25, 0.3) is 16.9 Å². The second-order valence-corrected chi connectivity index (χ2v) is 6.75. The molecule has 0 unspecified atom stereocenters. The van der Waals surface area contributed by atoms with Crippen LogP contribution in [0.1, 0.15) is 0 Å². The number of aromatic nitrogens is 4. The lowest BCUT2D eigenvalue weighted by atomic mass is 10.2. The molecule has 0 radical (unpaired) electrons. The molecule has 0 aliphatic heterocycles. The molecular weight excluding hydrogens is 503 g/mol. The van der Waals surface area contributed by atoms with Crippen molar-refractivity contribution in [1.29, 1.82) is 0 Å². The summed E-state index contributed by atoms with van der Waals surface area (Å²) < 4.78 is 64.3. The first-order chi connectivity index (χ1) is 14.0. The van der Waals surface area contributed by atoms with Gasteiger partial charge in [-0.05, 0) is 34.7 Å². The predicted molar refractivity (Wildman–Crippen MR) is 104 cm³/mol. The van der Waals surface area contributed by atoms with Crippen LogP contribution >= 0.6 is 22.6 Å². The van der Waals surface area contributed by atoms with E-state index in [4.69, 9.17) is 4.74 Å². The maximum absolute atomic E-state index is 14.7. The highest BCUT2D eigenvalue weighted by Gasteiger charge is 2.30. The summed E-state index contributed by atoms with van der Waals surface area (Å²) >= 11 is 1.75. The quantitative estimate of drug-likeness (QED) is 0.212. The Labute approximate surface area is 175 Å². The SMILES string of the molecule is Fc1c(F)c(-n2nnc(-c3ccccc3)c2I)c(F)c(F)c1Oc1cccnc1. The third kappa shape index (κ3) is 3.43. The van der Waals surface area contributed by atoms with Crippen LogP contribution in [0.2, 0.25) is 0 Å². The van der Waals surface area contributed by atoms with Gasteiger partial charge in [-0.1, -0.05) is 35.5 Å². The minimum atomic E-state index is -1.70. The highest BCUT2D eigenvalue weighted by molar-refractivity contribution is 14.1. The molecule has 2 aromatic heterocycles. The summed E-state index contributed by atoms with van der Waals surface area (Å²) in [5.41, 5.74) is -0.0967. The fraction of sp³-hybridized carbons (Fsp3) is 0. The zero-order valence-corrected chi connectivity index (χ0v) is 16.4. The molecule has 2 aromatic carbocycles. The summed E-state index contributed by atoms with van der Waals surface area (Å²) in [5, 5.41) is 7.56. The third-order valence-corrected chi connectivity index (χ3v) is 4.90. The second kappa shape index (κ2) is 7.78. The normalized spacial score (nSPS) is 10.9. The van der Waals surface area contributed by atoms with Gasteiger partial charge in [0.25, 0.3) is 0 Å². The molecule has 0 fully saturated rings. The van der Waals surface area contributed by atoms with Crippen molar-refractivity contribution in [2.45, 2.75) is 0 Å². The Balaban J connectivity index is 1.83. The predicted octanol–water partition coefficient (Wildman–Crippen LogP) is 5.28. The van der Waals surface area contributed by atoms with Gasteiger partial charge in [0.15, 0.2) is 11.6 Å². The van der Waals surface area contributed by atoms with Crippen LogP contribution in [0.5, 0.6) is 11.5 Å². The summed E-state index contributed by atoms with van der Waals surface area (Å²) in [6, 6.07) is 11.5. The van der Waals surface area contributed by atoms with Crippen LogP contribution in [0.4, 0.5) is 17.6 Å². The van der Waals surface area contributed by atoms with E-state index in [9.17, 15) is 17.6 Å². The minimum Gasteiger partial charge on any atom is -0.449 e. The highest BCUT2D eigenvalue weighted by Crippen LogP contribution is 2.36. The Kier molecular flexibility index (Phi) is 5.18. The average molecular weight is 512 g/mol. The lowest BCUT2D eigenvalue weighted by Crippen LogP contribution is -2.11. The van der Waals surface area contributed by atoms with Gasteiger partial charge in [0.05, 0.1) is 6.20 Å². The minimum absolute atomic E-state index is 0.0847. The van der Waals surface area contributed by atoms with E-state index in [-0.39, 0.29) is 9.45 Å². The zero-order valence-electron chi connectivity index (χ0n) is 14.3. The number of rotatable bonds is 4. The van der Waals surface area contributed by atoms with Crippen molar-refractivity contribution in [1.82, 2.24) is 20.0 Å². The van der Waals surface area contributed by atoms with Crippen LogP contribution in [-0.2, 0) is 0 Å². The number of hydrogen-bond donors (Lipinski definition) is 0. The van der Waals surface area contributed by atoms with Crippen LogP contribution in [-0.4, -0.2) is 20.0 Å². The highest BCUT2D eigenvalue weighted by atomic mass is 127. The molecule has 0 amide bonds. The monoisotopic (exact) mass is 512 g/mol. The van der Waals surface area contributed by atoms with Crippen molar-refractivity contribution >= 4 is 22.6 Å². The Hall–Kier alpha value is -3.02. The molecule has 0 bridgehead atoms. The average Bonchev–Trinajstić information content (AvgIpc) is 3.12. The maximum atomic E-state index is 14.7. The molecule has 0 atom stereocenters. The Morgan fingerprint density at radius 1 is 0.862 bits per heavy atom. The summed E-state index contributed by atoms with van der Waals surface area (Å²) in [5.74, 6) is -8.02. The van der Waals surface area contributed by atoms with E-state index in [1.165, 1.54) is 18.3 Å². The lowest BCUT2D eigenvalue weighted by molar-refractivity contribution is 0.361. The van der Waals surface area contributed by atoms with Gasteiger partial charge >= 0.3 is 0 Å². The summed E-state index contributed by atoms with van der Waals surface area (Å²) in [6.07, 6.45) is 2.55. The molecule has 2 heterocycles. The van der Waals surface area contributed by atoms with Gasteiger partial charge in [-0.2, -0.15) is 8.78 Å². The first-order valence-corrected chi connectivity index (χ1v) is 9.17. The van der Waals surface area contributed by atoms with Crippen molar-refractivity contribution in [3.8, 4) is 28.4 Å². The van der Waals surface area contributed by atoms with Crippen molar-refractivity contribution in [2.24, 2.45) is 0 Å². The van der Waals surface area contributed by atoms with Crippen LogP contribution in [0.15, 0.2) is 54.9 Å². The lowest BCUT2D eigenvalue weighted by Gasteiger charge is -2.13. The molecule has 0 spiro atoms. The molecule has 10 heteroatoms. The number of ether oxygens (including phenoxy) is 1. The standard InChI is InChI=1S/C19H9F4IN4O/c20-12-14(22)18(29-11-7-4-8-25-9-11)15(23)13(21)17(12)28-19(24)16(26-27-28)10-5-2-1-3-6-10/h1-9H. The van der Waals surface area contributed by atoms with Gasteiger partial charge in [-0.3, -0.25) is 4.98 Å². The second-order valence-electron chi connectivity index (χ2n) is 5.73. The van der Waals surface area contributed by atoms with E-state index in [1.807, 2.05) is 0 Å². The molecule has 4 aromatic rings. The van der Waals surface area contributed by atoms with E-state index < -0.39 is 34.7 Å². The first-order valence-electron chi connectivity index (χ1n) is 8.10. The van der Waals surface area contributed by atoms with Gasteiger partial charge < -0.3 is 4.74 Å². The number of pyridine rings is 1. The number of benzene rings is 2. The topological polar surface area (TPSA) is 52.8 Å². The molecular formula is C19H9F4IN4O. The number of nitrogens with zero attached hydrogens (tertiary/aromatic N) is 4. The Morgan fingerprint density at radius 3 is 2.17 bits per heavy atom. The fourth-order valence-corrected chi connectivity index (χ4v) is 3.34. The summed E-state index contributed by atoms with van der Waals surface area (Å²) in [6.45, 7) is 0. The third-order valence-electron chi connectivity index (χ3n) is 3.93. The Morgan fingerprint density at radius 2 is 1.55 bits per heavy atom. The largest absolute Gasteiger partial charge is 0.449 e. The molecule has 29 heavy (non-hydrogen) atoms. The van der Waals surface area contributed by atoms with Gasteiger partial charge in [-0.25, -0.2) is 13.5 Å². The van der Waals surface area contributed by atoms with Gasteiger partial charge in [0.2, 0.25) is 17.4 Å². The Bertz CT molecular complexity index is 1160. The number of halogens is 5. The molecule has 4 rings (SSSR count). The van der Waals surface area contributed by atoms with Crippen molar-refractivity contribution in [3.05, 3.63) is 81.8 Å². The molecule has 0 N–H and O–H groups in total. The smallest absolute Gasteiger partial charge is 0.206 e. The number of hydrogen-bond acceptors (Lipinski definition) is 4.